The van der Waals surface area contributed by atoms with Crippen LogP contribution in [0.1, 0.15) is 54.4 Å². The van der Waals surface area contributed by atoms with Crippen LogP contribution < -0.4 is 14.8 Å². The minimum atomic E-state index is -0.158. The summed E-state index contributed by atoms with van der Waals surface area (Å²) in [7, 11) is 1.61. The third kappa shape index (κ3) is 6.04. The Kier molecular flexibility index (Phi) is 7.33. The Morgan fingerprint density at radius 1 is 1.11 bits per heavy atom. The van der Waals surface area contributed by atoms with E-state index in [1.807, 2.05) is 11.0 Å². The Balaban J connectivity index is 1.10. The van der Waals surface area contributed by atoms with Gasteiger partial charge in [-0.1, -0.05) is 11.6 Å². The standard InChI is InChI=1S/C29H33ClN2O5/c1-36-25-8-5-21(14-26(25)37-16-19-2-3-19)28(35)32-17-29(18-32)12-10-22(11-13-29)31-27(34)9-6-20-4-7-23(33)15-24(20)30/h4-9,14-15,19,22,33H,2-3,10-13,16-18H2,1H3,(H,31,34)/b9-6+. The minimum Gasteiger partial charge on any atom is -0.508 e. The molecule has 1 aliphatic heterocycles. The first kappa shape index (κ1) is 25.5. The molecule has 0 unspecified atom stereocenters. The number of halogens is 1. The summed E-state index contributed by atoms with van der Waals surface area (Å²) in [5, 5.41) is 12.9. The summed E-state index contributed by atoms with van der Waals surface area (Å²) in [4.78, 5) is 27.5. The van der Waals surface area contributed by atoms with E-state index < -0.39 is 0 Å². The summed E-state index contributed by atoms with van der Waals surface area (Å²) in [6, 6.07) is 10.2. The first-order chi connectivity index (χ1) is 17.8. The van der Waals surface area contributed by atoms with Crippen molar-refractivity contribution in [2.24, 2.45) is 11.3 Å². The smallest absolute Gasteiger partial charge is 0.254 e. The number of carbonyl (C=O) groups is 2. The Morgan fingerprint density at radius 2 is 1.86 bits per heavy atom. The van der Waals surface area contributed by atoms with Gasteiger partial charge in [-0.3, -0.25) is 9.59 Å². The topological polar surface area (TPSA) is 88.1 Å². The number of ether oxygens (including phenoxy) is 2. The van der Waals surface area contributed by atoms with Gasteiger partial charge in [-0.05, 0) is 92.5 Å². The van der Waals surface area contributed by atoms with E-state index in [0.29, 0.717) is 40.2 Å². The molecule has 2 N–H and O–H groups in total. The van der Waals surface area contributed by atoms with Crippen LogP contribution in [0, 0.1) is 11.3 Å². The lowest BCUT2D eigenvalue weighted by molar-refractivity contribution is -0.117. The largest absolute Gasteiger partial charge is 0.508 e. The highest BCUT2D eigenvalue weighted by atomic mass is 35.5. The molecule has 0 atom stereocenters. The third-order valence-electron chi connectivity index (χ3n) is 7.71. The van der Waals surface area contributed by atoms with E-state index in [4.69, 9.17) is 21.1 Å². The summed E-state index contributed by atoms with van der Waals surface area (Å²) >= 11 is 6.10. The molecule has 37 heavy (non-hydrogen) atoms. The number of likely N-dealkylation sites (tertiary alicyclic amines) is 1. The zero-order valence-corrected chi connectivity index (χ0v) is 21.8. The van der Waals surface area contributed by atoms with Crippen molar-refractivity contribution in [3.05, 3.63) is 58.6 Å². The van der Waals surface area contributed by atoms with Crippen molar-refractivity contribution in [2.75, 3.05) is 26.8 Å². The third-order valence-corrected chi connectivity index (χ3v) is 8.04. The second kappa shape index (κ2) is 10.7. The number of rotatable bonds is 8. The number of carbonyl (C=O) groups excluding carboxylic acids is 2. The maximum Gasteiger partial charge on any atom is 0.254 e. The van der Waals surface area contributed by atoms with E-state index in [1.54, 1.807) is 31.4 Å². The number of nitrogens with one attached hydrogen (secondary N) is 1. The summed E-state index contributed by atoms with van der Waals surface area (Å²) in [5.41, 5.74) is 1.45. The molecule has 2 saturated carbocycles. The Labute approximate surface area is 222 Å². The number of methoxy groups -OCH3 is 1. The molecule has 196 valence electrons. The van der Waals surface area contributed by atoms with Gasteiger partial charge in [0.05, 0.1) is 18.7 Å². The molecule has 3 fully saturated rings. The van der Waals surface area contributed by atoms with Crippen molar-refractivity contribution in [3.63, 3.8) is 0 Å². The molecule has 1 spiro atoms. The molecule has 7 nitrogen and oxygen atoms in total. The first-order valence-corrected chi connectivity index (χ1v) is 13.3. The van der Waals surface area contributed by atoms with Crippen molar-refractivity contribution in [1.82, 2.24) is 10.2 Å². The average Bonchev–Trinajstić information content (AvgIpc) is 3.70. The van der Waals surface area contributed by atoms with Gasteiger partial charge in [0.2, 0.25) is 5.91 Å². The Bertz CT molecular complexity index is 1190. The molecule has 1 heterocycles. The number of phenolic OH excluding ortho intramolecular Hbond substituents is 1. The van der Waals surface area contributed by atoms with Crippen molar-refractivity contribution in [1.29, 1.82) is 0 Å². The maximum absolute atomic E-state index is 13.1. The van der Waals surface area contributed by atoms with Gasteiger partial charge < -0.3 is 24.8 Å². The predicted molar refractivity (Wildman–Crippen MR) is 142 cm³/mol. The van der Waals surface area contributed by atoms with E-state index in [1.165, 1.54) is 31.1 Å². The number of hydrogen-bond donors (Lipinski definition) is 2. The fraction of sp³-hybridized carbons (Fsp3) is 0.448. The highest BCUT2D eigenvalue weighted by Gasteiger charge is 2.47. The molecule has 8 heteroatoms. The van der Waals surface area contributed by atoms with Crippen LogP contribution >= 0.6 is 11.6 Å². The molecule has 5 rings (SSSR count). The minimum absolute atomic E-state index is 0.0259. The van der Waals surface area contributed by atoms with E-state index in [0.717, 1.165) is 38.8 Å². The quantitative estimate of drug-likeness (QED) is 0.471. The van der Waals surface area contributed by atoms with E-state index in [9.17, 15) is 14.7 Å². The van der Waals surface area contributed by atoms with Crippen molar-refractivity contribution in [3.8, 4) is 17.2 Å². The second-order valence-corrected chi connectivity index (χ2v) is 11.0. The van der Waals surface area contributed by atoms with Gasteiger partial charge in [0.15, 0.2) is 11.5 Å². The molecule has 2 aliphatic carbocycles. The highest BCUT2D eigenvalue weighted by Crippen LogP contribution is 2.44. The van der Waals surface area contributed by atoms with Crippen LogP contribution in [-0.4, -0.2) is 54.7 Å². The molecule has 2 aromatic carbocycles. The predicted octanol–water partition coefficient (Wildman–Crippen LogP) is 5.06. The molecule has 0 bridgehead atoms. The number of benzene rings is 2. The highest BCUT2D eigenvalue weighted by molar-refractivity contribution is 6.32. The van der Waals surface area contributed by atoms with Crippen LogP contribution in [0.4, 0.5) is 0 Å². The van der Waals surface area contributed by atoms with Crippen molar-refractivity contribution < 1.29 is 24.2 Å². The molecule has 2 amide bonds. The van der Waals surface area contributed by atoms with Crippen molar-refractivity contribution >= 4 is 29.5 Å². The lowest BCUT2D eigenvalue weighted by Gasteiger charge is -2.53. The second-order valence-electron chi connectivity index (χ2n) is 10.6. The summed E-state index contributed by atoms with van der Waals surface area (Å²) in [5.74, 6) is 1.86. The van der Waals surface area contributed by atoms with Gasteiger partial charge >= 0.3 is 0 Å². The lowest BCUT2D eigenvalue weighted by Crippen LogP contribution is -2.60. The van der Waals surface area contributed by atoms with Crippen LogP contribution in [0.5, 0.6) is 17.2 Å². The van der Waals surface area contributed by atoms with E-state index in [2.05, 4.69) is 5.32 Å². The zero-order valence-electron chi connectivity index (χ0n) is 21.0. The SMILES string of the molecule is COc1ccc(C(=O)N2CC3(CCC(NC(=O)/C=C/c4ccc(O)cc4Cl)CC3)C2)cc1OCC1CC1. The number of hydrogen-bond acceptors (Lipinski definition) is 5. The molecule has 0 radical (unpaired) electrons. The van der Waals surface area contributed by atoms with Gasteiger partial charge in [0.1, 0.15) is 5.75 Å². The van der Waals surface area contributed by atoms with Gasteiger partial charge in [-0.15, -0.1) is 0 Å². The van der Waals surface area contributed by atoms with Crippen LogP contribution in [0.3, 0.4) is 0 Å². The van der Waals surface area contributed by atoms with E-state index >= 15 is 0 Å². The Hall–Kier alpha value is -3.19. The van der Waals surface area contributed by atoms with E-state index in [-0.39, 0.29) is 29.0 Å². The molecule has 0 aromatic heterocycles. The summed E-state index contributed by atoms with van der Waals surface area (Å²) < 4.78 is 11.3. The number of amides is 2. The summed E-state index contributed by atoms with van der Waals surface area (Å²) in [6.45, 7) is 2.16. The van der Waals surface area contributed by atoms with Gasteiger partial charge in [-0.2, -0.15) is 0 Å². The molecule has 1 saturated heterocycles. The van der Waals surface area contributed by atoms with Crippen LogP contribution in [0.25, 0.3) is 6.08 Å². The monoisotopic (exact) mass is 524 g/mol. The number of nitrogens with zero attached hydrogens (tertiary/aromatic N) is 1. The maximum atomic E-state index is 13.1. The fourth-order valence-electron chi connectivity index (χ4n) is 5.26. The number of phenols is 1. The van der Waals surface area contributed by atoms with Crippen molar-refractivity contribution in [2.45, 2.75) is 44.6 Å². The number of aromatic hydroxyl groups is 1. The average molecular weight is 525 g/mol. The zero-order chi connectivity index (χ0) is 26.0. The fourth-order valence-corrected chi connectivity index (χ4v) is 5.50. The van der Waals surface area contributed by atoms with Crippen LogP contribution in [0.2, 0.25) is 5.02 Å². The normalized spacial score (nSPS) is 19.0. The van der Waals surface area contributed by atoms with Gasteiger partial charge in [0.25, 0.3) is 5.91 Å². The van der Waals surface area contributed by atoms with Gasteiger partial charge in [0, 0.05) is 36.2 Å². The first-order valence-electron chi connectivity index (χ1n) is 12.9. The lowest BCUT2D eigenvalue weighted by atomic mass is 9.67. The molecular weight excluding hydrogens is 492 g/mol. The molecular formula is C29H33ClN2O5. The molecule has 3 aliphatic rings. The molecule has 2 aromatic rings. The summed E-state index contributed by atoms with van der Waals surface area (Å²) in [6.07, 6.45) is 9.27. The van der Waals surface area contributed by atoms with Gasteiger partial charge in [-0.25, -0.2) is 0 Å². The van der Waals surface area contributed by atoms with Crippen LogP contribution in [0.15, 0.2) is 42.5 Å². The van der Waals surface area contributed by atoms with Crippen LogP contribution in [-0.2, 0) is 4.79 Å². The Morgan fingerprint density at radius 3 is 2.54 bits per heavy atom.